The van der Waals surface area contributed by atoms with E-state index in [1.807, 2.05) is 39.5 Å². The van der Waals surface area contributed by atoms with E-state index in [4.69, 9.17) is 5.73 Å². The molecule has 21 heavy (non-hydrogen) atoms. The first kappa shape index (κ1) is 17.9. The van der Waals surface area contributed by atoms with Crippen molar-refractivity contribution in [1.29, 1.82) is 0 Å². The molecular formula is C15H29N3O3. The van der Waals surface area contributed by atoms with Crippen molar-refractivity contribution in [3.63, 3.8) is 0 Å². The highest BCUT2D eigenvalue weighted by Crippen LogP contribution is 2.49. The smallest absolute Gasteiger partial charge is 0.321 e. The third-order valence-corrected chi connectivity index (χ3v) is 4.48. The van der Waals surface area contributed by atoms with Gasteiger partial charge in [0.2, 0.25) is 5.91 Å². The van der Waals surface area contributed by atoms with Crippen molar-refractivity contribution in [3.8, 4) is 0 Å². The molecule has 1 unspecified atom stereocenters. The summed E-state index contributed by atoms with van der Waals surface area (Å²) >= 11 is 0. The minimum atomic E-state index is -0.741. The second-order valence-electron chi connectivity index (χ2n) is 7.74. The number of rotatable bonds is 2. The van der Waals surface area contributed by atoms with E-state index in [1.165, 1.54) is 7.05 Å². The van der Waals surface area contributed by atoms with E-state index >= 15 is 0 Å². The van der Waals surface area contributed by atoms with E-state index in [0.29, 0.717) is 12.8 Å². The summed E-state index contributed by atoms with van der Waals surface area (Å²) in [6, 6.07) is -0.741. The molecule has 1 aliphatic rings. The van der Waals surface area contributed by atoms with Gasteiger partial charge in [-0.1, -0.05) is 6.92 Å². The molecule has 0 aromatic carbocycles. The van der Waals surface area contributed by atoms with Crippen molar-refractivity contribution >= 4 is 11.9 Å². The minimum Gasteiger partial charge on any atom is -0.379 e. The molecule has 1 heterocycles. The maximum absolute atomic E-state index is 12.7. The van der Waals surface area contributed by atoms with Crippen LogP contribution in [0.1, 0.15) is 54.4 Å². The number of nitrogens with two attached hydrogens (primary N) is 1. The molecule has 1 atom stereocenters. The zero-order valence-corrected chi connectivity index (χ0v) is 14.2. The maximum atomic E-state index is 12.7. The zero-order valence-electron chi connectivity index (χ0n) is 14.2. The lowest BCUT2D eigenvalue weighted by molar-refractivity contribution is -0.175. The molecule has 3 amide bonds. The number of carbonyl (C=O) groups excluding carboxylic acids is 2. The molecule has 0 aromatic heterocycles. The number of imide groups is 1. The number of aliphatic hydroxyl groups excluding tert-OH is 1. The topological polar surface area (TPSA) is 86.9 Å². The summed E-state index contributed by atoms with van der Waals surface area (Å²) in [6.45, 7) is 11.7. The quantitative estimate of drug-likeness (QED) is 0.809. The summed E-state index contributed by atoms with van der Waals surface area (Å²) in [6.07, 6.45) is 0.485. The predicted molar refractivity (Wildman–Crippen MR) is 81.4 cm³/mol. The molecule has 0 bridgehead atoms. The van der Waals surface area contributed by atoms with Gasteiger partial charge in [0.15, 0.2) is 0 Å². The third-order valence-electron chi connectivity index (χ3n) is 4.48. The van der Waals surface area contributed by atoms with E-state index in [1.54, 1.807) is 6.92 Å². The predicted octanol–water partition coefficient (Wildman–Crippen LogP) is 1.52. The number of likely N-dealkylation sites (tertiary alicyclic amines) is 1. The Hall–Kier alpha value is -1.14. The minimum absolute atomic E-state index is 0.263. The highest BCUT2D eigenvalue weighted by molar-refractivity contribution is 5.96. The standard InChI is InChI=1S/C15H29N3O3/c1-10(19)18-13(2,3)8-15(6,9-14(18,4)5)11(20)17(7)12(16)21/h10,19H,8-9H2,1-7H3,(H2,16,21). The number of hydrogen-bond acceptors (Lipinski definition) is 4. The van der Waals surface area contributed by atoms with Crippen LogP contribution < -0.4 is 5.73 Å². The molecule has 0 aromatic rings. The summed E-state index contributed by atoms with van der Waals surface area (Å²) in [5, 5.41) is 10.1. The maximum Gasteiger partial charge on any atom is 0.321 e. The van der Waals surface area contributed by atoms with E-state index in [0.717, 1.165) is 4.90 Å². The number of nitrogens with zero attached hydrogens (tertiary/aromatic N) is 2. The molecule has 6 heteroatoms. The van der Waals surface area contributed by atoms with Crippen LogP contribution in [0.4, 0.5) is 4.79 Å². The number of piperidine rings is 1. The monoisotopic (exact) mass is 299 g/mol. The van der Waals surface area contributed by atoms with Gasteiger partial charge in [0.05, 0.1) is 5.41 Å². The first-order chi connectivity index (χ1) is 9.24. The molecular weight excluding hydrogens is 270 g/mol. The highest BCUT2D eigenvalue weighted by atomic mass is 16.3. The van der Waals surface area contributed by atoms with Crippen molar-refractivity contribution in [2.75, 3.05) is 7.05 Å². The van der Waals surface area contributed by atoms with Crippen LogP contribution in [0.5, 0.6) is 0 Å². The average molecular weight is 299 g/mol. The Morgan fingerprint density at radius 1 is 1.14 bits per heavy atom. The summed E-state index contributed by atoms with van der Waals surface area (Å²) in [5.74, 6) is -0.263. The van der Waals surface area contributed by atoms with Crippen LogP contribution in [0, 0.1) is 5.41 Å². The molecule has 0 spiro atoms. The van der Waals surface area contributed by atoms with Crippen LogP contribution in [-0.4, -0.2) is 51.2 Å². The van der Waals surface area contributed by atoms with Crippen molar-refractivity contribution in [2.45, 2.75) is 71.7 Å². The Kier molecular flexibility index (Phi) is 4.48. The summed E-state index contributed by atoms with van der Waals surface area (Å²) < 4.78 is 0. The van der Waals surface area contributed by atoms with Gasteiger partial charge in [0.1, 0.15) is 6.23 Å². The van der Waals surface area contributed by atoms with Crippen LogP contribution in [0.15, 0.2) is 0 Å². The fourth-order valence-electron chi connectivity index (χ4n) is 4.63. The molecule has 1 fully saturated rings. The number of hydrogen-bond donors (Lipinski definition) is 2. The highest BCUT2D eigenvalue weighted by Gasteiger charge is 2.55. The van der Waals surface area contributed by atoms with Crippen molar-refractivity contribution < 1.29 is 14.7 Å². The van der Waals surface area contributed by atoms with Gasteiger partial charge in [-0.3, -0.25) is 14.6 Å². The molecule has 0 radical (unpaired) electrons. The molecule has 1 aliphatic heterocycles. The van der Waals surface area contributed by atoms with Crippen LogP contribution in [0.3, 0.4) is 0 Å². The van der Waals surface area contributed by atoms with Crippen LogP contribution >= 0.6 is 0 Å². The van der Waals surface area contributed by atoms with Crippen LogP contribution in [0.25, 0.3) is 0 Å². The molecule has 1 rings (SSSR count). The number of aliphatic hydroxyl groups is 1. The fourth-order valence-corrected chi connectivity index (χ4v) is 4.63. The van der Waals surface area contributed by atoms with E-state index in [2.05, 4.69) is 0 Å². The van der Waals surface area contributed by atoms with Crippen molar-refractivity contribution in [1.82, 2.24) is 9.80 Å². The summed E-state index contributed by atoms with van der Waals surface area (Å²) in [4.78, 5) is 27.0. The largest absolute Gasteiger partial charge is 0.379 e. The Morgan fingerprint density at radius 2 is 1.52 bits per heavy atom. The van der Waals surface area contributed by atoms with E-state index in [-0.39, 0.29) is 17.0 Å². The number of urea groups is 1. The lowest BCUT2D eigenvalue weighted by Crippen LogP contribution is -2.67. The number of primary amides is 1. The van der Waals surface area contributed by atoms with Gasteiger partial charge in [-0.15, -0.1) is 0 Å². The molecule has 0 aliphatic carbocycles. The van der Waals surface area contributed by atoms with E-state index < -0.39 is 17.7 Å². The molecule has 6 nitrogen and oxygen atoms in total. The van der Waals surface area contributed by atoms with Gasteiger partial charge < -0.3 is 10.8 Å². The number of carbonyl (C=O) groups is 2. The summed E-state index contributed by atoms with van der Waals surface area (Å²) in [5.41, 5.74) is 3.78. The van der Waals surface area contributed by atoms with Crippen molar-refractivity contribution in [3.05, 3.63) is 0 Å². The van der Waals surface area contributed by atoms with E-state index in [9.17, 15) is 14.7 Å². The second kappa shape index (κ2) is 5.25. The first-order valence-electron chi connectivity index (χ1n) is 7.30. The van der Waals surface area contributed by atoms with Gasteiger partial charge in [-0.05, 0) is 47.5 Å². The lowest BCUT2D eigenvalue weighted by Gasteiger charge is -2.59. The average Bonchev–Trinajstić information content (AvgIpc) is 2.21. The molecule has 0 saturated carbocycles. The second-order valence-corrected chi connectivity index (χ2v) is 7.74. The van der Waals surface area contributed by atoms with Gasteiger partial charge in [0.25, 0.3) is 0 Å². The number of amides is 3. The third kappa shape index (κ3) is 3.21. The van der Waals surface area contributed by atoms with Crippen LogP contribution in [-0.2, 0) is 4.79 Å². The Balaban J connectivity index is 3.21. The van der Waals surface area contributed by atoms with Gasteiger partial charge >= 0.3 is 6.03 Å². The SMILES string of the molecule is CC(O)N1C(C)(C)CC(C)(C(=O)N(C)C(N)=O)CC1(C)C. The van der Waals surface area contributed by atoms with Gasteiger partial charge in [-0.2, -0.15) is 0 Å². The van der Waals surface area contributed by atoms with Crippen molar-refractivity contribution in [2.24, 2.45) is 11.1 Å². The summed E-state index contributed by atoms with van der Waals surface area (Å²) in [7, 11) is 1.41. The first-order valence-corrected chi connectivity index (χ1v) is 7.30. The molecule has 122 valence electrons. The lowest BCUT2D eigenvalue weighted by atomic mass is 9.64. The molecule has 3 N–H and O–H groups in total. The van der Waals surface area contributed by atoms with Gasteiger partial charge in [0, 0.05) is 18.1 Å². The fraction of sp³-hybridized carbons (Fsp3) is 0.867. The Bertz CT molecular complexity index is 425. The Morgan fingerprint density at radius 3 is 1.81 bits per heavy atom. The van der Waals surface area contributed by atoms with Gasteiger partial charge in [-0.25, -0.2) is 4.79 Å². The molecule has 1 saturated heterocycles. The van der Waals surface area contributed by atoms with Crippen LogP contribution in [0.2, 0.25) is 0 Å². The zero-order chi connectivity index (χ0) is 16.8. The Labute approximate surface area is 127 Å². The normalized spacial score (nSPS) is 25.1.